The molecule has 2 heterocycles. The normalized spacial score (nSPS) is 17.3. The van der Waals surface area contributed by atoms with Crippen LogP contribution in [-0.2, 0) is 0 Å². The van der Waals surface area contributed by atoms with Crippen molar-refractivity contribution >= 4 is 5.97 Å². The third kappa shape index (κ3) is 4.86. The molecule has 0 amide bonds. The van der Waals surface area contributed by atoms with Crippen LogP contribution in [0, 0.1) is 18.8 Å². The first kappa shape index (κ1) is 17.7. The van der Waals surface area contributed by atoms with Crippen molar-refractivity contribution < 1.29 is 33.2 Å². The Morgan fingerprint density at radius 1 is 1.43 bits per heavy atom. The molecule has 6 heteroatoms. The van der Waals surface area contributed by atoms with E-state index in [1.165, 1.54) is 6.07 Å². The van der Waals surface area contributed by atoms with Gasteiger partial charge in [0.15, 0.2) is 5.67 Å². The number of carbonyl (C=O) groups is 1. The predicted molar refractivity (Wildman–Crippen MR) is 70.8 cm³/mol. The molecular formula is C15H16FLiN2O2. The molecule has 4 nitrogen and oxygen atoms in total. The van der Waals surface area contributed by atoms with Gasteiger partial charge in [-0.15, -0.1) is 0 Å². The van der Waals surface area contributed by atoms with Crippen molar-refractivity contribution in [2.45, 2.75) is 25.4 Å². The third-order valence-electron chi connectivity index (χ3n) is 3.37. The number of alkyl halides is 1. The summed E-state index contributed by atoms with van der Waals surface area (Å²) in [5.74, 6) is 4.02. The number of likely N-dealkylation sites (tertiary alicyclic amines) is 1. The van der Waals surface area contributed by atoms with E-state index in [1.807, 2.05) is 7.05 Å². The summed E-state index contributed by atoms with van der Waals surface area (Å²) in [6.07, 6.45) is 0.738. The average molecular weight is 282 g/mol. The summed E-state index contributed by atoms with van der Waals surface area (Å²) in [7, 11) is 1.95. The average Bonchev–Trinajstić information content (AvgIpc) is 2.40. The second kappa shape index (κ2) is 7.09. The van der Waals surface area contributed by atoms with E-state index >= 15 is 0 Å². The van der Waals surface area contributed by atoms with Gasteiger partial charge in [0, 0.05) is 37.2 Å². The molecule has 1 saturated heterocycles. The van der Waals surface area contributed by atoms with Gasteiger partial charge in [-0.2, -0.15) is 0 Å². The van der Waals surface area contributed by atoms with E-state index < -0.39 is 11.6 Å². The Bertz CT molecular complexity index is 587. The summed E-state index contributed by atoms with van der Waals surface area (Å²) in [5, 5.41) is 10.8. The largest absolute Gasteiger partial charge is 1.00 e. The van der Waals surface area contributed by atoms with Gasteiger partial charge in [0.2, 0.25) is 0 Å². The number of aromatic nitrogens is 1. The number of carboxylic acid groups (broad SMARTS) is 1. The molecule has 1 aromatic heterocycles. The fourth-order valence-electron chi connectivity index (χ4n) is 2.13. The van der Waals surface area contributed by atoms with E-state index in [0.29, 0.717) is 37.2 Å². The summed E-state index contributed by atoms with van der Waals surface area (Å²) in [6, 6.07) is 2.95. The van der Waals surface area contributed by atoms with Crippen molar-refractivity contribution in [2.75, 3.05) is 20.1 Å². The quantitative estimate of drug-likeness (QED) is 0.424. The zero-order chi connectivity index (χ0) is 14.8. The van der Waals surface area contributed by atoms with Crippen molar-refractivity contribution in [3.8, 4) is 11.8 Å². The minimum absolute atomic E-state index is 0. The first-order valence-corrected chi connectivity index (χ1v) is 6.49. The molecule has 0 atom stereocenters. The summed E-state index contributed by atoms with van der Waals surface area (Å²) < 4.78 is 14.4. The van der Waals surface area contributed by atoms with Crippen LogP contribution in [0.2, 0.25) is 0 Å². The number of piperidine rings is 1. The molecule has 1 aromatic rings. The summed E-state index contributed by atoms with van der Waals surface area (Å²) in [6.45, 7) is 3.01. The molecule has 2 rings (SSSR count). The van der Waals surface area contributed by atoms with Gasteiger partial charge in [-0.05, 0) is 26.1 Å². The molecular weight excluding hydrogens is 266 g/mol. The number of rotatable bonds is 1. The Balaban J connectivity index is 0.00000220. The SMILES string of the molecule is Cc1cc(C#CC2(F)CCN(C)CC2)cc(C(=O)[O-])n1.[Li+]. The van der Waals surface area contributed by atoms with Gasteiger partial charge in [-0.1, -0.05) is 11.8 Å². The maximum absolute atomic E-state index is 14.4. The van der Waals surface area contributed by atoms with Crippen LogP contribution in [0.5, 0.6) is 0 Å². The Morgan fingerprint density at radius 3 is 2.62 bits per heavy atom. The number of nitrogens with zero attached hydrogens (tertiary/aromatic N) is 2. The molecule has 0 radical (unpaired) electrons. The molecule has 0 bridgehead atoms. The molecule has 1 fully saturated rings. The zero-order valence-electron chi connectivity index (χ0n) is 12.6. The molecule has 0 spiro atoms. The number of aryl methyl sites for hydroxylation is 1. The van der Waals surface area contributed by atoms with E-state index in [0.717, 1.165) is 0 Å². The van der Waals surface area contributed by atoms with Crippen LogP contribution < -0.4 is 24.0 Å². The van der Waals surface area contributed by atoms with Crippen molar-refractivity contribution in [1.82, 2.24) is 9.88 Å². The van der Waals surface area contributed by atoms with Crippen molar-refractivity contribution in [3.05, 3.63) is 29.1 Å². The molecule has 0 saturated carbocycles. The number of halogens is 1. The van der Waals surface area contributed by atoms with Crippen LogP contribution in [0.4, 0.5) is 4.39 Å². The molecule has 1 aliphatic rings. The molecule has 0 aliphatic carbocycles. The van der Waals surface area contributed by atoms with E-state index in [4.69, 9.17) is 0 Å². The minimum Gasteiger partial charge on any atom is -0.543 e. The third-order valence-corrected chi connectivity index (χ3v) is 3.37. The van der Waals surface area contributed by atoms with Gasteiger partial charge in [0.05, 0.1) is 11.7 Å². The van der Waals surface area contributed by atoms with E-state index in [-0.39, 0.29) is 24.6 Å². The second-order valence-corrected chi connectivity index (χ2v) is 5.19. The second-order valence-electron chi connectivity index (χ2n) is 5.19. The molecule has 0 N–H and O–H groups in total. The molecule has 106 valence electrons. The maximum atomic E-state index is 14.4. The van der Waals surface area contributed by atoms with E-state index in [2.05, 4.69) is 21.7 Å². The standard InChI is InChI=1S/C15H17FN2O2.Li/c1-11-9-12(10-13(17-11)14(19)20)3-4-15(16)5-7-18(2)8-6-15;/h9-10H,5-8H2,1-2H3,(H,19,20);/q;+1/p-1. The van der Waals surface area contributed by atoms with Gasteiger partial charge in [0.1, 0.15) is 0 Å². The maximum Gasteiger partial charge on any atom is 1.00 e. The summed E-state index contributed by atoms with van der Waals surface area (Å²) in [5.41, 5.74) is -0.698. The Labute approximate surface area is 135 Å². The molecule has 21 heavy (non-hydrogen) atoms. The van der Waals surface area contributed by atoms with Gasteiger partial charge >= 0.3 is 18.9 Å². The van der Waals surface area contributed by atoms with Crippen LogP contribution in [0.25, 0.3) is 0 Å². The summed E-state index contributed by atoms with van der Waals surface area (Å²) >= 11 is 0. The Kier molecular flexibility index (Phi) is 5.98. The van der Waals surface area contributed by atoms with E-state index in [9.17, 15) is 14.3 Å². The number of hydrogen-bond donors (Lipinski definition) is 0. The first-order chi connectivity index (χ1) is 9.38. The topological polar surface area (TPSA) is 56.3 Å². The van der Waals surface area contributed by atoms with Gasteiger partial charge in [0.25, 0.3) is 0 Å². The van der Waals surface area contributed by atoms with Crippen LogP contribution in [0.1, 0.15) is 34.6 Å². The number of pyridine rings is 1. The van der Waals surface area contributed by atoms with Crippen molar-refractivity contribution in [1.29, 1.82) is 0 Å². The van der Waals surface area contributed by atoms with E-state index in [1.54, 1.807) is 13.0 Å². The number of aromatic carboxylic acids is 1. The first-order valence-electron chi connectivity index (χ1n) is 6.49. The van der Waals surface area contributed by atoms with Crippen molar-refractivity contribution in [3.63, 3.8) is 0 Å². The monoisotopic (exact) mass is 282 g/mol. The van der Waals surface area contributed by atoms with Crippen molar-refractivity contribution in [2.24, 2.45) is 0 Å². The predicted octanol–water partition coefficient (Wildman–Crippen LogP) is -2.46. The van der Waals surface area contributed by atoms with Gasteiger partial charge in [-0.25, -0.2) is 4.39 Å². The fourth-order valence-corrected chi connectivity index (χ4v) is 2.13. The van der Waals surface area contributed by atoms with Gasteiger partial charge in [-0.3, -0.25) is 4.98 Å². The zero-order valence-corrected chi connectivity index (χ0v) is 12.6. The van der Waals surface area contributed by atoms with Crippen LogP contribution in [0.3, 0.4) is 0 Å². The van der Waals surface area contributed by atoms with Gasteiger partial charge < -0.3 is 14.8 Å². The molecule has 0 unspecified atom stereocenters. The van der Waals surface area contributed by atoms with Crippen LogP contribution in [-0.4, -0.2) is 41.7 Å². The Morgan fingerprint density at radius 2 is 2.05 bits per heavy atom. The number of carbonyl (C=O) groups excluding carboxylic acids is 1. The fraction of sp³-hybridized carbons (Fsp3) is 0.467. The minimum atomic E-state index is -1.49. The van der Waals surface area contributed by atoms with Crippen LogP contribution in [0.15, 0.2) is 12.1 Å². The Hall–Kier alpha value is -1.33. The van der Waals surface area contributed by atoms with Crippen LogP contribution >= 0.6 is 0 Å². The molecule has 1 aliphatic heterocycles. The number of carboxylic acids is 1. The summed E-state index contributed by atoms with van der Waals surface area (Å²) in [4.78, 5) is 16.7. The molecule has 0 aromatic carbocycles. The number of hydrogen-bond acceptors (Lipinski definition) is 4. The smallest absolute Gasteiger partial charge is 0.543 e.